The van der Waals surface area contributed by atoms with Gasteiger partial charge in [0.25, 0.3) is 0 Å². The summed E-state index contributed by atoms with van der Waals surface area (Å²) in [6.45, 7) is 3.61. The van der Waals surface area contributed by atoms with Gasteiger partial charge in [0.15, 0.2) is 5.78 Å². The van der Waals surface area contributed by atoms with Crippen molar-refractivity contribution in [1.29, 1.82) is 0 Å². The molecule has 18 heavy (non-hydrogen) atoms. The van der Waals surface area contributed by atoms with E-state index in [1.807, 2.05) is 13.1 Å². The fraction of sp³-hybridized carbons (Fsp3) is 0.615. The Bertz CT molecular complexity index is 405. The lowest BCUT2D eigenvalue weighted by atomic mass is 9.98. The summed E-state index contributed by atoms with van der Waals surface area (Å²) in [5.74, 6) is 0.862. The number of ketones is 1. The Hall–Kier alpha value is -0.420. The summed E-state index contributed by atoms with van der Waals surface area (Å²) in [4.78, 5) is 15.1. The monoisotopic (exact) mass is 286 g/mol. The SMILES string of the molecule is CNCC1CCCN(CC(=O)c2ccc(Cl)s2)C1. The van der Waals surface area contributed by atoms with E-state index in [1.165, 1.54) is 24.2 Å². The predicted octanol–water partition coefficient (Wildman–Crippen LogP) is 2.52. The zero-order chi connectivity index (χ0) is 13.0. The largest absolute Gasteiger partial charge is 0.319 e. The molecule has 3 nitrogen and oxygen atoms in total. The predicted molar refractivity (Wildman–Crippen MR) is 76.8 cm³/mol. The number of carbonyl (C=O) groups excluding carboxylic acids is 1. The number of rotatable bonds is 5. The number of hydrogen-bond acceptors (Lipinski definition) is 4. The van der Waals surface area contributed by atoms with Crippen LogP contribution in [0, 0.1) is 5.92 Å². The first-order chi connectivity index (χ1) is 8.69. The van der Waals surface area contributed by atoms with Crippen LogP contribution in [0.1, 0.15) is 22.5 Å². The maximum atomic E-state index is 12.1. The van der Waals surface area contributed by atoms with Crippen molar-refractivity contribution >= 4 is 28.7 Å². The third-order valence-electron chi connectivity index (χ3n) is 3.31. The first-order valence-electron chi connectivity index (χ1n) is 6.34. The molecule has 2 rings (SSSR count). The van der Waals surface area contributed by atoms with Gasteiger partial charge in [-0.2, -0.15) is 0 Å². The minimum absolute atomic E-state index is 0.192. The summed E-state index contributed by atoms with van der Waals surface area (Å²) in [5.41, 5.74) is 0. The second kappa shape index (κ2) is 6.66. The average molecular weight is 287 g/mol. The van der Waals surface area contributed by atoms with E-state index in [-0.39, 0.29) is 5.78 Å². The minimum Gasteiger partial charge on any atom is -0.319 e. The molecule has 1 aliphatic rings. The highest BCUT2D eigenvalue weighted by molar-refractivity contribution is 7.18. The van der Waals surface area contributed by atoms with Crippen LogP contribution in [-0.4, -0.2) is 43.9 Å². The van der Waals surface area contributed by atoms with Gasteiger partial charge in [-0.3, -0.25) is 9.69 Å². The lowest BCUT2D eigenvalue weighted by molar-refractivity contribution is 0.0890. The normalized spacial score (nSPS) is 21.1. The molecule has 0 aliphatic carbocycles. The Balaban J connectivity index is 1.87. The van der Waals surface area contributed by atoms with E-state index < -0.39 is 0 Å². The van der Waals surface area contributed by atoms with E-state index in [4.69, 9.17) is 11.6 Å². The molecule has 1 unspecified atom stereocenters. The van der Waals surface area contributed by atoms with Crippen molar-refractivity contribution in [2.75, 3.05) is 33.2 Å². The molecule has 2 heterocycles. The van der Waals surface area contributed by atoms with E-state index in [1.54, 1.807) is 6.07 Å². The van der Waals surface area contributed by atoms with Gasteiger partial charge in [0.05, 0.1) is 15.8 Å². The van der Waals surface area contributed by atoms with Gasteiger partial charge < -0.3 is 5.32 Å². The lowest BCUT2D eigenvalue weighted by Crippen LogP contribution is -2.41. The van der Waals surface area contributed by atoms with Crippen molar-refractivity contribution in [3.8, 4) is 0 Å². The molecule has 0 saturated carbocycles. The summed E-state index contributed by atoms with van der Waals surface area (Å²) in [6.07, 6.45) is 2.45. The van der Waals surface area contributed by atoms with Gasteiger partial charge in [0, 0.05) is 6.54 Å². The molecule has 1 aliphatic heterocycles. The number of piperidine rings is 1. The molecule has 0 spiro atoms. The Morgan fingerprint density at radius 3 is 3.11 bits per heavy atom. The van der Waals surface area contributed by atoms with Crippen LogP contribution in [0.4, 0.5) is 0 Å². The molecule has 5 heteroatoms. The highest BCUT2D eigenvalue weighted by Gasteiger charge is 2.21. The van der Waals surface area contributed by atoms with E-state index in [0.717, 1.165) is 24.5 Å². The number of halogens is 1. The lowest BCUT2D eigenvalue weighted by Gasteiger charge is -2.31. The number of thiophene rings is 1. The van der Waals surface area contributed by atoms with Crippen LogP contribution in [0.2, 0.25) is 4.34 Å². The molecule has 0 bridgehead atoms. The third kappa shape index (κ3) is 3.79. The summed E-state index contributed by atoms with van der Waals surface area (Å²) in [6, 6.07) is 3.61. The standard InChI is InChI=1S/C13H19ClN2OS/c1-15-7-10-3-2-6-16(8-10)9-11(17)12-4-5-13(14)18-12/h4-5,10,15H,2-3,6-9H2,1H3. The number of likely N-dealkylation sites (tertiary alicyclic amines) is 1. The summed E-state index contributed by atoms with van der Waals surface area (Å²) in [5, 5.41) is 3.22. The number of nitrogens with one attached hydrogen (secondary N) is 1. The average Bonchev–Trinajstić information content (AvgIpc) is 2.77. The van der Waals surface area contributed by atoms with E-state index in [0.29, 0.717) is 16.8 Å². The van der Waals surface area contributed by atoms with Crippen LogP contribution in [0.25, 0.3) is 0 Å². The molecular weight excluding hydrogens is 268 g/mol. The van der Waals surface area contributed by atoms with Gasteiger partial charge in [0.2, 0.25) is 0 Å². The van der Waals surface area contributed by atoms with Crippen molar-refractivity contribution in [3.05, 3.63) is 21.3 Å². The molecule has 1 aromatic rings. The number of hydrogen-bond donors (Lipinski definition) is 1. The molecule has 1 fully saturated rings. The van der Waals surface area contributed by atoms with Gasteiger partial charge in [0.1, 0.15) is 0 Å². The van der Waals surface area contributed by atoms with Crippen LogP contribution in [-0.2, 0) is 0 Å². The van der Waals surface area contributed by atoms with E-state index >= 15 is 0 Å². The smallest absolute Gasteiger partial charge is 0.186 e. The first-order valence-corrected chi connectivity index (χ1v) is 7.54. The van der Waals surface area contributed by atoms with Gasteiger partial charge in [-0.1, -0.05) is 11.6 Å². The summed E-state index contributed by atoms with van der Waals surface area (Å²) < 4.78 is 0.685. The van der Waals surface area contributed by atoms with Crippen molar-refractivity contribution in [1.82, 2.24) is 10.2 Å². The molecular formula is C13H19ClN2OS. The summed E-state index contributed by atoms with van der Waals surface area (Å²) in [7, 11) is 1.98. The van der Waals surface area contributed by atoms with Crippen molar-refractivity contribution in [2.45, 2.75) is 12.8 Å². The Labute approximate surface area is 117 Å². The molecule has 1 N–H and O–H groups in total. The molecule has 100 valence electrons. The van der Waals surface area contributed by atoms with Crippen LogP contribution in [0.5, 0.6) is 0 Å². The van der Waals surface area contributed by atoms with Crippen molar-refractivity contribution in [2.24, 2.45) is 5.92 Å². The minimum atomic E-state index is 0.192. The molecule has 0 aromatic carbocycles. The number of nitrogens with zero attached hydrogens (tertiary/aromatic N) is 1. The zero-order valence-corrected chi connectivity index (χ0v) is 12.2. The Morgan fingerprint density at radius 1 is 1.61 bits per heavy atom. The molecule has 1 atom stereocenters. The zero-order valence-electron chi connectivity index (χ0n) is 10.6. The highest BCUT2D eigenvalue weighted by Crippen LogP contribution is 2.23. The number of carbonyl (C=O) groups is 1. The molecule has 1 saturated heterocycles. The maximum Gasteiger partial charge on any atom is 0.186 e. The Morgan fingerprint density at radius 2 is 2.44 bits per heavy atom. The quantitative estimate of drug-likeness (QED) is 0.844. The fourth-order valence-corrected chi connectivity index (χ4v) is 3.47. The van der Waals surface area contributed by atoms with Crippen LogP contribution < -0.4 is 5.32 Å². The second-order valence-electron chi connectivity index (χ2n) is 4.83. The van der Waals surface area contributed by atoms with Gasteiger partial charge >= 0.3 is 0 Å². The summed E-state index contributed by atoms with van der Waals surface area (Å²) >= 11 is 7.23. The Kier molecular flexibility index (Phi) is 5.18. The van der Waals surface area contributed by atoms with Crippen LogP contribution in [0.3, 0.4) is 0 Å². The molecule has 0 radical (unpaired) electrons. The van der Waals surface area contributed by atoms with Gasteiger partial charge in [-0.05, 0) is 51.0 Å². The van der Waals surface area contributed by atoms with Crippen LogP contribution >= 0.6 is 22.9 Å². The molecule has 1 aromatic heterocycles. The van der Waals surface area contributed by atoms with Gasteiger partial charge in [-0.15, -0.1) is 11.3 Å². The first kappa shape index (κ1) is 14.0. The third-order valence-corrected chi connectivity index (χ3v) is 4.58. The molecule has 0 amide bonds. The van der Waals surface area contributed by atoms with E-state index in [2.05, 4.69) is 10.2 Å². The van der Waals surface area contributed by atoms with Crippen molar-refractivity contribution in [3.63, 3.8) is 0 Å². The van der Waals surface area contributed by atoms with Crippen molar-refractivity contribution < 1.29 is 4.79 Å². The highest BCUT2D eigenvalue weighted by atomic mass is 35.5. The number of Topliss-reactive ketones (excluding diaryl/α,β-unsaturated/α-hetero) is 1. The second-order valence-corrected chi connectivity index (χ2v) is 6.54. The van der Waals surface area contributed by atoms with Crippen LogP contribution in [0.15, 0.2) is 12.1 Å². The topological polar surface area (TPSA) is 32.3 Å². The maximum absolute atomic E-state index is 12.1. The van der Waals surface area contributed by atoms with E-state index in [9.17, 15) is 4.79 Å². The fourth-order valence-electron chi connectivity index (χ4n) is 2.50. The van der Waals surface area contributed by atoms with Gasteiger partial charge in [-0.25, -0.2) is 0 Å².